The summed E-state index contributed by atoms with van der Waals surface area (Å²) in [5.41, 5.74) is 1.27. The molecule has 0 amide bonds. The van der Waals surface area contributed by atoms with E-state index in [1.54, 1.807) is 12.4 Å². The van der Waals surface area contributed by atoms with Crippen LogP contribution in [0, 0.1) is 0 Å². The Labute approximate surface area is 152 Å². The van der Waals surface area contributed by atoms with Gasteiger partial charge in [-0.2, -0.15) is 0 Å². The zero-order valence-corrected chi connectivity index (χ0v) is 15.5. The SMILES string of the molecule is CC(C)Oc1ccc(CN2CC[C@@H](N[S@@+]([O-])c3cccnc3)C2)cc1. The predicted octanol–water partition coefficient (Wildman–Crippen LogP) is 2.76. The van der Waals surface area contributed by atoms with E-state index in [-0.39, 0.29) is 12.1 Å². The van der Waals surface area contributed by atoms with E-state index >= 15 is 0 Å². The van der Waals surface area contributed by atoms with Gasteiger partial charge < -0.3 is 9.29 Å². The second-order valence-corrected chi connectivity index (χ2v) is 7.85. The van der Waals surface area contributed by atoms with E-state index in [0.717, 1.165) is 36.7 Å². The zero-order valence-electron chi connectivity index (χ0n) is 14.7. The summed E-state index contributed by atoms with van der Waals surface area (Å²) in [5.74, 6) is 0.909. The summed E-state index contributed by atoms with van der Waals surface area (Å²) in [6.45, 7) is 6.86. The van der Waals surface area contributed by atoms with E-state index in [2.05, 4.69) is 26.7 Å². The summed E-state index contributed by atoms with van der Waals surface area (Å²) >= 11 is -1.20. The molecule has 1 N–H and O–H groups in total. The van der Waals surface area contributed by atoms with Crippen molar-refractivity contribution < 1.29 is 9.29 Å². The number of pyridine rings is 1. The fourth-order valence-electron chi connectivity index (χ4n) is 2.95. The summed E-state index contributed by atoms with van der Waals surface area (Å²) in [5, 5.41) is 0. The molecule has 1 fully saturated rings. The lowest BCUT2D eigenvalue weighted by Gasteiger charge is -2.18. The molecule has 1 aliphatic rings. The van der Waals surface area contributed by atoms with Crippen molar-refractivity contribution >= 4 is 11.4 Å². The highest BCUT2D eigenvalue weighted by molar-refractivity contribution is 7.89. The van der Waals surface area contributed by atoms with Crippen LogP contribution in [0.4, 0.5) is 0 Å². The fraction of sp³-hybridized carbons (Fsp3) is 0.421. The van der Waals surface area contributed by atoms with Crippen molar-refractivity contribution in [2.75, 3.05) is 13.1 Å². The van der Waals surface area contributed by atoms with Crippen molar-refractivity contribution in [3.05, 3.63) is 54.4 Å². The number of aromatic nitrogens is 1. The van der Waals surface area contributed by atoms with Crippen LogP contribution in [-0.4, -0.2) is 39.7 Å². The molecule has 0 radical (unpaired) electrons. The van der Waals surface area contributed by atoms with E-state index in [4.69, 9.17) is 4.74 Å². The van der Waals surface area contributed by atoms with Crippen LogP contribution in [0.2, 0.25) is 0 Å². The maximum absolute atomic E-state index is 12.3. The normalized spacial score (nSPS) is 19.3. The third-order valence-corrected chi connectivity index (χ3v) is 5.31. The average molecular weight is 359 g/mol. The number of nitrogens with one attached hydrogen (secondary N) is 1. The van der Waals surface area contributed by atoms with Gasteiger partial charge in [0, 0.05) is 25.8 Å². The standard InChI is InChI=1S/C19H25N3O2S/c1-15(2)24-18-7-5-16(6-8-18)13-22-11-9-17(14-22)21-25(23)19-4-3-10-20-12-19/h3-8,10,12,15,17,21H,9,11,13-14H2,1-2H3/t17-,25+/m1/s1. The molecular formula is C19H25N3O2S. The minimum Gasteiger partial charge on any atom is -0.593 e. The molecule has 0 saturated carbocycles. The van der Waals surface area contributed by atoms with E-state index in [1.165, 1.54) is 5.56 Å². The first-order chi connectivity index (χ1) is 12.1. The fourth-order valence-corrected chi connectivity index (χ4v) is 3.94. The van der Waals surface area contributed by atoms with Gasteiger partial charge in [0.05, 0.1) is 29.7 Å². The van der Waals surface area contributed by atoms with Crippen LogP contribution in [0.25, 0.3) is 0 Å². The third kappa shape index (κ3) is 5.44. The van der Waals surface area contributed by atoms with Gasteiger partial charge in [0.1, 0.15) is 5.75 Å². The molecule has 5 nitrogen and oxygen atoms in total. The van der Waals surface area contributed by atoms with E-state index in [0.29, 0.717) is 0 Å². The molecule has 0 spiro atoms. The lowest BCUT2D eigenvalue weighted by molar-refractivity contribution is 0.242. The maximum Gasteiger partial charge on any atom is 0.192 e. The summed E-state index contributed by atoms with van der Waals surface area (Å²) in [7, 11) is 0. The Morgan fingerprint density at radius 1 is 1.32 bits per heavy atom. The van der Waals surface area contributed by atoms with Crippen molar-refractivity contribution in [3.63, 3.8) is 0 Å². The Hall–Kier alpha value is -1.60. The summed E-state index contributed by atoms with van der Waals surface area (Å²) in [6.07, 6.45) is 4.53. The van der Waals surface area contributed by atoms with Gasteiger partial charge in [-0.1, -0.05) is 12.1 Å². The third-order valence-electron chi connectivity index (χ3n) is 4.10. The van der Waals surface area contributed by atoms with Gasteiger partial charge in [-0.3, -0.25) is 9.88 Å². The number of rotatable bonds is 7. The molecule has 25 heavy (non-hydrogen) atoms. The highest BCUT2D eigenvalue weighted by atomic mass is 32.2. The van der Waals surface area contributed by atoms with Crippen LogP contribution < -0.4 is 9.46 Å². The molecule has 134 valence electrons. The zero-order chi connectivity index (χ0) is 17.6. The smallest absolute Gasteiger partial charge is 0.192 e. The Balaban J connectivity index is 1.48. The van der Waals surface area contributed by atoms with Crippen molar-refractivity contribution in [1.82, 2.24) is 14.6 Å². The van der Waals surface area contributed by atoms with Gasteiger partial charge in [0.25, 0.3) is 0 Å². The highest BCUT2D eigenvalue weighted by Gasteiger charge is 2.27. The number of benzene rings is 1. The van der Waals surface area contributed by atoms with Crippen molar-refractivity contribution in [2.45, 2.75) is 43.9 Å². The molecule has 2 heterocycles. The Kier molecular flexibility index (Phi) is 6.31. The van der Waals surface area contributed by atoms with E-state index in [1.807, 2.05) is 38.1 Å². The molecule has 1 saturated heterocycles. The number of hydrogen-bond acceptors (Lipinski definition) is 5. The second-order valence-electron chi connectivity index (χ2n) is 6.61. The minimum atomic E-state index is -1.20. The number of nitrogens with zero attached hydrogens (tertiary/aromatic N) is 2. The molecule has 3 rings (SSSR count). The molecule has 1 aromatic heterocycles. The number of ether oxygens (including phenoxy) is 1. The average Bonchev–Trinajstić information content (AvgIpc) is 3.04. The van der Waals surface area contributed by atoms with Crippen molar-refractivity contribution in [2.24, 2.45) is 0 Å². The lowest BCUT2D eigenvalue weighted by Crippen LogP contribution is -2.37. The van der Waals surface area contributed by atoms with Crippen molar-refractivity contribution in [3.8, 4) is 5.75 Å². The molecule has 0 aliphatic carbocycles. The quantitative estimate of drug-likeness (QED) is 0.770. The Morgan fingerprint density at radius 3 is 2.80 bits per heavy atom. The Bertz CT molecular complexity index is 651. The van der Waals surface area contributed by atoms with E-state index < -0.39 is 11.4 Å². The van der Waals surface area contributed by atoms with E-state index in [9.17, 15) is 4.55 Å². The molecular weight excluding hydrogens is 334 g/mol. The first-order valence-electron chi connectivity index (χ1n) is 8.66. The van der Waals surface area contributed by atoms with Gasteiger partial charge in [-0.15, -0.1) is 4.72 Å². The summed E-state index contributed by atoms with van der Waals surface area (Å²) in [4.78, 5) is 7.13. The van der Waals surface area contributed by atoms with Crippen LogP contribution in [0.5, 0.6) is 5.75 Å². The maximum atomic E-state index is 12.3. The molecule has 0 unspecified atom stereocenters. The predicted molar refractivity (Wildman–Crippen MR) is 99.7 cm³/mol. The molecule has 1 aromatic carbocycles. The lowest BCUT2D eigenvalue weighted by atomic mass is 10.2. The molecule has 2 aromatic rings. The molecule has 6 heteroatoms. The topological polar surface area (TPSA) is 60.5 Å². The van der Waals surface area contributed by atoms with Crippen LogP contribution in [0.3, 0.4) is 0 Å². The van der Waals surface area contributed by atoms with Crippen molar-refractivity contribution in [1.29, 1.82) is 0 Å². The van der Waals surface area contributed by atoms with Gasteiger partial charge >= 0.3 is 0 Å². The molecule has 1 aliphatic heterocycles. The first kappa shape index (κ1) is 18.2. The second kappa shape index (κ2) is 8.67. The Morgan fingerprint density at radius 2 is 2.12 bits per heavy atom. The summed E-state index contributed by atoms with van der Waals surface area (Å²) < 4.78 is 21.2. The molecule has 0 bridgehead atoms. The number of likely N-dealkylation sites (tertiary alicyclic amines) is 1. The highest BCUT2D eigenvalue weighted by Crippen LogP contribution is 2.19. The van der Waals surface area contributed by atoms with Crippen LogP contribution in [-0.2, 0) is 17.9 Å². The van der Waals surface area contributed by atoms with Crippen LogP contribution in [0.1, 0.15) is 25.8 Å². The number of hydrogen-bond donors (Lipinski definition) is 1. The minimum absolute atomic E-state index is 0.192. The largest absolute Gasteiger partial charge is 0.593 e. The van der Waals surface area contributed by atoms with Gasteiger partial charge in [-0.05, 0) is 50.1 Å². The van der Waals surface area contributed by atoms with Gasteiger partial charge in [0.15, 0.2) is 4.90 Å². The van der Waals surface area contributed by atoms with Crippen LogP contribution >= 0.6 is 0 Å². The van der Waals surface area contributed by atoms with Gasteiger partial charge in [0.2, 0.25) is 0 Å². The first-order valence-corrected chi connectivity index (χ1v) is 9.81. The monoisotopic (exact) mass is 359 g/mol. The van der Waals surface area contributed by atoms with Crippen LogP contribution in [0.15, 0.2) is 53.7 Å². The van der Waals surface area contributed by atoms with Gasteiger partial charge in [-0.25, -0.2) is 0 Å². The molecule has 2 atom stereocenters. The summed E-state index contributed by atoms with van der Waals surface area (Å²) in [6, 6.07) is 12.2.